The van der Waals surface area contributed by atoms with Gasteiger partial charge in [0.15, 0.2) is 0 Å². The highest BCUT2D eigenvalue weighted by atomic mass is 32.2. The number of carbonyl (C=O) groups excluding carboxylic acids is 1. The molecule has 30 heavy (non-hydrogen) atoms. The van der Waals surface area contributed by atoms with Gasteiger partial charge in [0.05, 0.1) is 6.42 Å². The highest BCUT2D eigenvalue weighted by Crippen LogP contribution is 2.20. The van der Waals surface area contributed by atoms with Crippen LogP contribution in [0.25, 0.3) is 17.2 Å². The number of nitrogens with zero attached hydrogens (tertiary/aromatic N) is 5. The summed E-state index contributed by atoms with van der Waals surface area (Å²) in [5, 5.41) is 5.04. The molecule has 3 aromatic heterocycles. The van der Waals surface area contributed by atoms with Crippen molar-refractivity contribution < 1.29 is 13.9 Å². The normalized spacial score (nSPS) is 11.2. The molecule has 8 nitrogen and oxygen atoms in total. The Morgan fingerprint density at radius 2 is 1.90 bits per heavy atom. The van der Waals surface area contributed by atoms with E-state index in [1.165, 1.54) is 18.0 Å². The summed E-state index contributed by atoms with van der Waals surface area (Å²) in [6.07, 6.45) is 3.51. The second-order valence-electron chi connectivity index (χ2n) is 6.92. The van der Waals surface area contributed by atoms with Crippen molar-refractivity contribution in [2.45, 2.75) is 39.0 Å². The van der Waals surface area contributed by atoms with Crippen LogP contribution >= 0.6 is 11.8 Å². The minimum atomic E-state index is -0.368. The zero-order chi connectivity index (χ0) is 21.3. The van der Waals surface area contributed by atoms with E-state index < -0.39 is 0 Å². The van der Waals surface area contributed by atoms with Gasteiger partial charge in [0.2, 0.25) is 11.0 Å². The first-order chi connectivity index (χ1) is 14.4. The van der Waals surface area contributed by atoms with Crippen molar-refractivity contribution in [3.8, 4) is 11.5 Å². The third-order valence-corrected chi connectivity index (χ3v) is 5.30. The smallest absolute Gasteiger partial charge is 0.310 e. The molecule has 3 heterocycles. The number of ether oxygens (including phenoxy) is 1. The number of rotatable bonds is 6. The van der Waals surface area contributed by atoms with Gasteiger partial charge in [-0.05, 0) is 39.2 Å². The van der Waals surface area contributed by atoms with Gasteiger partial charge in [-0.3, -0.25) is 4.79 Å². The fraction of sp³-hybridized carbons (Fsp3) is 0.286. The molecule has 4 rings (SSSR count). The minimum Gasteiger partial charge on any atom is -0.459 e. The van der Waals surface area contributed by atoms with Crippen molar-refractivity contribution in [1.82, 2.24) is 24.6 Å². The van der Waals surface area contributed by atoms with Gasteiger partial charge >= 0.3 is 5.97 Å². The van der Waals surface area contributed by atoms with Crippen LogP contribution in [-0.4, -0.2) is 36.8 Å². The van der Waals surface area contributed by atoms with Crippen molar-refractivity contribution in [3.63, 3.8) is 0 Å². The molecule has 0 bridgehead atoms. The summed E-state index contributed by atoms with van der Waals surface area (Å²) in [7, 11) is 0. The van der Waals surface area contributed by atoms with Crippen LogP contribution in [0.15, 0.2) is 40.1 Å². The van der Waals surface area contributed by atoms with Crippen molar-refractivity contribution in [1.29, 1.82) is 0 Å². The lowest BCUT2D eigenvalue weighted by Gasteiger charge is -2.09. The molecule has 154 valence electrons. The van der Waals surface area contributed by atoms with E-state index in [1.54, 1.807) is 4.52 Å². The molecule has 0 fully saturated rings. The van der Waals surface area contributed by atoms with Crippen molar-refractivity contribution in [2.24, 2.45) is 0 Å². The molecule has 0 spiro atoms. The molecule has 0 saturated heterocycles. The summed E-state index contributed by atoms with van der Waals surface area (Å²) >= 11 is 1.45. The fourth-order valence-electron chi connectivity index (χ4n) is 3.08. The van der Waals surface area contributed by atoms with Gasteiger partial charge in [0, 0.05) is 22.5 Å². The maximum Gasteiger partial charge on any atom is 0.310 e. The molecular weight excluding hydrogens is 402 g/mol. The van der Waals surface area contributed by atoms with Crippen molar-refractivity contribution in [3.05, 3.63) is 58.7 Å². The Labute approximate surface area is 177 Å². The molecule has 0 amide bonds. The van der Waals surface area contributed by atoms with Crippen LogP contribution in [0.1, 0.15) is 28.2 Å². The third-order valence-electron chi connectivity index (χ3n) is 4.76. The number of hydrogen-bond acceptors (Lipinski definition) is 8. The van der Waals surface area contributed by atoms with Crippen molar-refractivity contribution in [2.75, 3.05) is 6.26 Å². The van der Waals surface area contributed by atoms with E-state index >= 15 is 0 Å². The Bertz CT molecular complexity index is 1210. The van der Waals surface area contributed by atoms with Crippen molar-refractivity contribution >= 4 is 23.5 Å². The summed E-state index contributed by atoms with van der Waals surface area (Å²) < 4.78 is 12.6. The van der Waals surface area contributed by atoms with E-state index in [2.05, 4.69) is 20.1 Å². The van der Waals surface area contributed by atoms with E-state index in [0.29, 0.717) is 22.5 Å². The average Bonchev–Trinajstić information content (AvgIpc) is 3.37. The molecule has 0 aliphatic heterocycles. The maximum absolute atomic E-state index is 12.4. The molecular formula is C21H21N5O3S. The molecule has 0 aliphatic rings. The van der Waals surface area contributed by atoms with E-state index in [9.17, 15) is 4.79 Å². The number of aromatic nitrogens is 5. The van der Waals surface area contributed by atoms with Gasteiger partial charge in [0.25, 0.3) is 5.78 Å². The highest BCUT2D eigenvalue weighted by Gasteiger charge is 2.17. The number of benzene rings is 1. The summed E-state index contributed by atoms with van der Waals surface area (Å²) in [5.41, 5.74) is 4.94. The lowest BCUT2D eigenvalue weighted by molar-refractivity contribution is -0.144. The predicted molar refractivity (Wildman–Crippen MR) is 112 cm³/mol. The molecule has 0 N–H and O–H groups in total. The Morgan fingerprint density at radius 1 is 1.13 bits per heavy atom. The Morgan fingerprint density at radius 3 is 2.63 bits per heavy atom. The van der Waals surface area contributed by atoms with Gasteiger partial charge in [-0.2, -0.15) is 4.98 Å². The van der Waals surface area contributed by atoms with E-state index in [4.69, 9.17) is 9.15 Å². The lowest BCUT2D eigenvalue weighted by Crippen LogP contribution is -2.13. The molecule has 1 aromatic carbocycles. The summed E-state index contributed by atoms with van der Waals surface area (Å²) in [6, 6.07) is 7.87. The molecule has 0 atom stereocenters. The predicted octanol–water partition coefficient (Wildman–Crippen LogP) is 3.71. The summed E-state index contributed by atoms with van der Waals surface area (Å²) in [6.45, 7) is 5.82. The van der Waals surface area contributed by atoms with Crippen LogP contribution in [-0.2, 0) is 22.6 Å². The number of fused-ring (bicyclic) bond motifs is 1. The van der Waals surface area contributed by atoms with Gasteiger partial charge in [-0.25, -0.2) is 14.5 Å². The molecule has 0 aliphatic carbocycles. The summed E-state index contributed by atoms with van der Waals surface area (Å²) in [5.74, 6) is 0.656. The SMILES string of the molecule is CSc1nc2nc(C)c(CC(=O)OCc3coc(-c4ccc(C)cc4)n3)c(C)n2n1. The first kappa shape index (κ1) is 20.1. The first-order valence-electron chi connectivity index (χ1n) is 9.38. The zero-order valence-corrected chi connectivity index (χ0v) is 18.0. The molecule has 9 heteroatoms. The van der Waals surface area contributed by atoms with E-state index in [-0.39, 0.29) is 19.0 Å². The number of esters is 1. The molecule has 0 unspecified atom stereocenters. The van der Waals surface area contributed by atoms with Gasteiger partial charge in [-0.15, -0.1) is 5.10 Å². The number of aryl methyl sites for hydroxylation is 3. The van der Waals surface area contributed by atoms with Crippen LogP contribution in [0.4, 0.5) is 0 Å². The lowest BCUT2D eigenvalue weighted by atomic mass is 10.1. The fourth-order valence-corrected chi connectivity index (χ4v) is 3.42. The summed E-state index contributed by atoms with van der Waals surface area (Å²) in [4.78, 5) is 25.7. The monoisotopic (exact) mass is 423 g/mol. The minimum absolute atomic E-state index is 0.0436. The average molecular weight is 423 g/mol. The van der Waals surface area contributed by atoms with Crippen LogP contribution in [0, 0.1) is 20.8 Å². The third kappa shape index (κ3) is 4.06. The standard InChI is InChI=1S/C21H21N5O3S/c1-12-5-7-15(8-6-12)19-23-16(11-29-19)10-28-18(27)9-17-13(2)22-20-24-21(30-4)25-26(20)14(17)3/h5-8,11H,9-10H2,1-4H3. The van der Waals surface area contributed by atoms with Crippen LogP contribution in [0.5, 0.6) is 0 Å². The first-order valence-corrected chi connectivity index (χ1v) is 10.6. The van der Waals surface area contributed by atoms with Gasteiger partial charge in [-0.1, -0.05) is 29.5 Å². The van der Waals surface area contributed by atoms with Crippen LogP contribution in [0.3, 0.4) is 0 Å². The van der Waals surface area contributed by atoms with Gasteiger partial charge in [0.1, 0.15) is 18.6 Å². The second kappa shape index (κ2) is 8.27. The Balaban J connectivity index is 1.43. The number of carbonyl (C=O) groups is 1. The maximum atomic E-state index is 12.4. The zero-order valence-electron chi connectivity index (χ0n) is 17.2. The Kier molecular flexibility index (Phi) is 5.54. The van der Waals surface area contributed by atoms with Gasteiger partial charge < -0.3 is 9.15 Å². The van der Waals surface area contributed by atoms with E-state index in [1.807, 2.05) is 51.3 Å². The Hall–Kier alpha value is -3.20. The number of oxazole rings is 1. The van der Waals surface area contributed by atoms with Crippen LogP contribution < -0.4 is 0 Å². The number of thioether (sulfide) groups is 1. The largest absolute Gasteiger partial charge is 0.459 e. The van der Waals surface area contributed by atoms with E-state index in [0.717, 1.165) is 28.1 Å². The quantitative estimate of drug-likeness (QED) is 0.342. The number of hydrogen-bond donors (Lipinski definition) is 0. The molecule has 0 radical (unpaired) electrons. The van der Waals surface area contributed by atoms with Crippen LogP contribution in [0.2, 0.25) is 0 Å². The second-order valence-corrected chi connectivity index (χ2v) is 7.69. The highest BCUT2D eigenvalue weighted by molar-refractivity contribution is 7.98. The molecule has 4 aromatic rings. The molecule has 0 saturated carbocycles. The topological polar surface area (TPSA) is 95.4 Å².